The van der Waals surface area contributed by atoms with E-state index in [-0.39, 0.29) is 16.4 Å². The Hall–Kier alpha value is -1.04. The Morgan fingerprint density at radius 3 is 2.70 bits per heavy atom. The summed E-state index contributed by atoms with van der Waals surface area (Å²) in [6, 6.07) is 9.61. The second kappa shape index (κ2) is 6.61. The van der Waals surface area contributed by atoms with Crippen molar-refractivity contribution < 1.29 is 14.3 Å². The number of thioether (sulfide) groups is 1. The van der Waals surface area contributed by atoms with Gasteiger partial charge in [-0.15, -0.1) is 11.8 Å². The van der Waals surface area contributed by atoms with Gasteiger partial charge in [0.15, 0.2) is 0 Å². The Balaban J connectivity index is 2.15. The molecule has 2 aromatic rings. The van der Waals surface area contributed by atoms with E-state index in [1.807, 2.05) is 0 Å². The Bertz CT molecular complexity index is 664. The van der Waals surface area contributed by atoms with Crippen LogP contribution in [0.15, 0.2) is 45.8 Å². The van der Waals surface area contributed by atoms with Crippen molar-refractivity contribution in [3.63, 3.8) is 0 Å². The zero-order valence-electron chi connectivity index (χ0n) is 10.1. The van der Waals surface area contributed by atoms with E-state index in [1.54, 1.807) is 18.2 Å². The number of benzene rings is 2. The maximum absolute atomic E-state index is 13.7. The lowest BCUT2D eigenvalue weighted by molar-refractivity contribution is 0.0697. The first-order valence-corrected chi connectivity index (χ1v) is 7.72. The molecule has 0 fully saturated rings. The van der Waals surface area contributed by atoms with Crippen molar-refractivity contribution in [3.8, 4) is 0 Å². The highest BCUT2D eigenvalue weighted by Crippen LogP contribution is 2.28. The lowest BCUT2D eigenvalue weighted by Gasteiger charge is -2.06. The van der Waals surface area contributed by atoms with Crippen molar-refractivity contribution >= 4 is 45.3 Å². The molecule has 0 spiro atoms. The van der Waals surface area contributed by atoms with Crippen LogP contribution in [0.1, 0.15) is 15.9 Å². The molecule has 2 aromatic carbocycles. The topological polar surface area (TPSA) is 37.3 Å². The standard InChI is InChI=1S/C14H9BrClFO2S/c15-9-2-1-8(13(17)5-9)7-20-10-3-4-12(16)11(6-10)14(18)19/h1-6H,7H2,(H,18,19). The van der Waals surface area contributed by atoms with Gasteiger partial charge < -0.3 is 5.11 Å². The van der Waals surface area contributed by atoms with Crippen molar-refractivity contribution in [2.45, 2.75) is 10.6 Å². The van der Waals surface area contributed by atoms with Crippen molar-refractivity contribution in [3.05, 3.63) is 62.8 Å². The third-order valence-electron chi connectivity index (χ3n) is 2.58. The fourth-order valence-corrected chi connectivity index (χ4v) is 3.01. The minimum Gasteiger partial charge on any atom is -0.478 e. The molecule has 0 unspecified atom stereocenters. The van der Waals surface area contributed by atoms with Crippen LogP contribution >= 0.6 is 39.3 Å². The minimum absolute atomic E-state index is 0.0490. The summed E-state index contributed by atoms with van der Waals surface area (Å²) in [5.74, 6) is -0.952. The van der Waals surface area contributed by atoms with Gasteiger partial charge in [-0.25, -0.2) is 9.18 Å². The second-order valence-electron chi connectivity index (χ2n) is 3.97. The van der Waals surface area contributed by atoms with E-state index < -0.39 is 5.97 Å². The number of hydrogen-bond acceptors (Lipinski definition) is 2. The predicted molar refractivity (Wildman–Crippen MR) is 82.1 cm³/mol. The Morgan fingerprint density at radius 2 is 2.05 bits per heavy atom. The molecule has 0 heterocycles. The maximum Gasteiger partial charge on any atom is 0.337 e. The molecule has 2 rings (SSSR count). The molecule has 0 radical (unpaired) electrons. The minimum atomic E-state index is -1.08. The monoisotopic (exact) mass is 374 g/mol. The van der Waals surface area contributed by atoms with Gasteiger partial charge in [0.25, 0.3) is 0 Å². The number of carbonyl (C=O) groups is 1. The van der Waals surface area contributed by atoms with E-state index >= 15 is 0 Å². The van der Waals surface area contributed by atoms with E-state index in [0.29, 0.717) is 15.8 Å². The van der Waals surface area contributed by atoms with Crippen LogP contribution in [0.2, 0.25) is 5.02 Å². The summed E-state index contributed by atoms with van der Waals surface area (Å²) in [6.45, 7) is 0. The van der Waals surface area contributed by atoms with Gasteiger partial charge in [-0.1, -0.05) is 33.6 Å². The van der Waals surface area contributed by atoms with Crippen LogP contribution in [0.5, 0.6) is 0 Å². The third-order valence-corrected chi connectivity index (χ3v) is 4.44. The van der Waals surface area contributed by atoms with Crippen LogP contribution in [0, 0.1) is 5.82 Å². The van der Waals surface area contributed by atoms with Crippen LogP contribution in [0.25, 0.3) is 0 Å². The van der Waals surface area contributed by atoms with E-state index in [4.69, 9.17) is 16.7 Å². The summed E-state index contributed by atoms with van der Waals surface area (Å²) in [4.78, 5) is 11.7. The van der Waals surface area contributed by atoms with Crippen LogP contribution in [-0.2, 0) is 5.75 Å². The van der Waals surface area contributed by atoms with Gasteiger partial charge in [0.05, 0.1) is 10.6 Å². The lowest BCUT2D eigenvalue weighted by Crippen LogP contribution is -1.97. The van der Waals surface area contributed by atoms with Gasteiger partial charge in [-0.05, 0) is 35.9 Å². The molecule has 0 amide bonds. The number of aromatic carboxylic acids is 1. The van der Waals surface area contributed by atoms with Crippen LogP contribution in [0.4, 0.5) is 4.39 Å². The molecular weight excluding hydrogens is 367 g/mol. The van der Waals surface area contributed by atoms with Crippen molar-refractivity contribution in [2.24, 2.45) is 0 Å². The predicted octanol–water partition coefficient (Wildman–Crippen LogP) is 5.23. The summed E-state index contributed by atoms with van der Waals surface area (Å²) in [5.41, 5.74) is 0.609. The molecule has 2 nitrogen and oxygen atoms in total. The molecule has 6 heteroatoms. The summed E-state index contributed by atoms with van der Waals surface area (Å²) in [7, 11) is 0. The van der Waals surface area contributed by atoms with E-state index in [2.05, 4.69) is 15.9 Å². The number of rotatable bonds is 4. The Kier molecular flexibility index (Phi) is 5.07. The molecule has 104 valence electrons. The SMILES string of the molecule is O=C(O)c1cc(SCc2ccc(Br)cc2F)ccc1Cl. The van der Waals surface area contributed by atoms with Gasteiger partial charge in [-0.3, -0.25) is 0 Å². The fraction of sp³-hybridized carbons (Fsp3) is 0.0714. The first-order chi connectivity index (χ1) is 9.47. The average Bonchev–Trinajstić information content (AvgIpc) is 2.39. The molecule has 0 aliphatic heterocycles. The average molecular weight is 376 g/mol. The smallest absolute Gasteiger partial charge is 0.337 e. The number of carboxylic acids is 1. The second-order valence-corrected chi connectivity index (χ2v) is 6.34. The Labute approximate surface area is 133 Å². The molecule has 0 saturated carbocycles. The van der Waals surface area contributed by atoms with E-state index in [9.17, 15) is 9.18 Å². The molecule has 0 aromatic heterocycles. The first-order valence-electron chi connectivity index (χ1n) is 5.57. The highest BCUT2D eigenvalue weighted by molar-refractivity contribution is 9.10. The summed E-state index contributed by atoms with van der Waals surface area (Å²) in [5, 5.41) is 9.18. The van der Waals surface area contributed by atoms with Gasteiger partial charge in [0.2, 0.25) is 0 Å². The molecule has 20 heavy (non-hydrogen) atoms. The molecule has 0 saturated heterocycles. The largest absolute Gasteiger partial charge is 0.478 e. The summed E-state index contributed by atoms with van der Waals surface area (Å²) < 4.78 is 14.3. The quantitative estimate of drug-likeness (QED) is 0.743. The van der Waals surface area contributed by atoms with Crippen LogP contribution in [-0.4, -0.2) is 11.1 Å². The lowest BCUT2D eigenvalue weighted by atomic mass is 10.2. The van der Waals surface area contributed by atoms with E-state index in [0.717, 1.165) is 4.90 Å². The summed E-state index contributed by atoms with van der Waals surface area (Å²) >= 11 is 10.4. The number of halogens is 3. The molecule has 1 N–H and O–H groups in total. The molecular formula is C14H9BrClFO2S. The highest BCUT2D eigenvalue weighted by atomic mass is 79.9. The number of carboxylic acid groups (broad SMARTS) is 1. The maximum atomic E-state index is 13.7. The summed E-state index contributed by atoms with van der Waals surface area (Å²) in [6.07, 6.45) is 0. The highest BCUT2D eigenvalue weighted by Gasteiger charge is 2.10. The van der Waals surface area contributed by atoms with Crippen molar-refractivity contribution in [1.29, 1.82) is 0 Å². The van der Waals surface area contributed by atoms with Crippen molar-refractivity contribution in [2.75, 3.05) is 0 Å². The molecule has 0 aliphatic rings. The van der Waals surface area contributed by atoms with Crippen molar-refractivity contribution in [1.82, 2.24) is 0 Å². The number of hydrogen-bond donors (Lipinski definition) is 1. The van der Waals surface area contributed by atoms with Crippen LogP contribution in [0.3, 0.4) is 0 Å². The zero-order valence-corrected chi connectivity index (χ0v) is 13.2. The first kappa shape index (κ1) is 15.4. The zero-order chi connectivity index (χ0) is 14.7. The fourth-order valence-electron chi connectivity index (χ4n) is 1.56. The van der Waals surface area contributed by atoms with E-state index in [1.165, 1.54) is 30.0 Å². The molecule has 0 bridgehead atoms. The van der Waals surface area contributed by atoms with Gasteiger partial charge in [-0.2, -0.15) is 0 Å². The Morgan fingerprint density at radius 1 is 1.30 bits per heavy atom. The van der Waals surface area contributed by atoms with Gasteiger partial charge in [0, 0.05) is 15.1 Å². The molecule has 0 aliphatic carbocycles. The van der Waals surface area contributed by atoms with Gasteiger partial charge in [0.1, 0.15) is 5.82 Å². The normalized spacial score (nSPS) is 10.6. The molecule has 0 atom stereocenters. The van der Waals surface area contributed by atoms with Crippen LogP contribution < -0.4 is 0 Å². The van der Waals surface area contributed by atoms with Gasteiger partial charge >= 0.3 is 5.97 Å². The third kappa shape index (κ3) is 3.75.